The molecule has 0 N–H and O–H groups in total. The predicted molar refractivity (Wildman–Crippen MR) is 104 cm³/mol. The number of nitrogens with zero attached hydrogens (tertiary/aromatic N) is 4. The Labute approximate surface area is 158 Å². The monoisotopic (exact) mass is 362 g/mol. The SMILES string of the molecule is Cc1ccc(N2C(S)N(c3ccc(C#N)c(C#N)c3)C(=O)C2(C)C)cc1. The van der Waals surface area contributed by atoms with Crippen molar-refractivity contribution < 1.29 is 4.79 Å². The number of carbonyl (C=O) groups is 1. The van der Waals surface area contributed by atoms with E-state index >= 15 is 0 Å². The lowest BCUT2D eigenvalue weighted by atomic mass is 10.0. The number of carbonyl (C=O) groups excluding carboxylic acids is 1. The minimum atomic E-state index is -0.803. The molecule has 0 aromatic heterocycles. The summed E-state index contributed by atoms with van der Waals surface area (Å²) in [6, 6.07) is 16.7. The van der Waals surface area contributed by atoms with Crippen LogP contribution in [0.1, 0.15) is 30.5 Å². The van der Waals surface area contributed by atoms with Crippen LogP contribution in [0.2, 0.25) is 0 Å². The van der Waals surface area contributed by atoms with E-state index in [1.54, 1.807) is 23.1 Å². The van der Waals surface area contributed by atoms with Crippen molar-refractivity contribution >= 4 is 29.9 Å². The van der Waals surface area contributed by atoms with E-state index in [9.17, 15) is 10.1 Å². The van der Waals surface area contributed by atoms with Gasteiger partial charge in [0.25, 0.3) is 5.91 Å². The zero-order valence-corrected chi connectivity index (χ0v) is 15.7. The molecule has 2 aromatic carbocycles. The van der Waals surface area contributed by atoms with Crippen molar-refractivity contribution in [2.75, 3.05) is 9.80 Å². The molecule has 1 unspecified atom stereocenters. The number of thiol groups is 1. The molecule has 0 radical (unpaired) electrons. The Kier molecular flexibility index (Phi) is 4.39. The van der Waals surface area contributed by atoms with Crippen LogP contribution in [0.25, 0.3) is 0 Å². The van der Waals surface area contributed by atoms with Crippen LogP contribution in [0.15, 0.2) is 42.5 Å². The number of anilines is 2. The Morgan fingerprint density at radius 3 is 2.15 bits per heavy atom. The fourth-order valence-corrected chi connectivity index (χ4v) is 3.85. The summed E-state index contributed by atoms with van der Waals surface area (Å²) < 4.78 is 0. The molecule has 5 nitrogen and oxygen atoms in total. The van der Waals surface area contributed by atoms with E-state index in [-0.39, 0.29) is 17.0 Å². The standard InChI is InChI=1S/C20H18N4OS/c1-13-4-7-16(8-5-13)24-19(26)23(18(25)20(24,2)3)17-9-6-14(11-21)15(10-17)12-22/h4-10,19,26H,1-3H3. The minimum Gasteiger partial charge on any atom is -0.328 e. The summed E-state index contributed by atoms with van der Waals surface area (Å²) in [6.45, 7) is 5.72. The van der Waals surface area contributed by atoms with Gasteiger partial charge >= 0.3 is 0 Å². The first kappa shape index (κ1) is 17.8. The molecule has 6 heteroatoms. The third-order valence-corrected chi connectivity index (χ3v) is 5.10. The Morgan fingerprint density at radius 2 is 1.58 bits per heavy atom. The molecule has 1 aliphatic rings. The molecular formula is C20H18N4OS. The van der Waals surface area contributed by atoms with E-state index in [4.69, 9.17) is 17.9 Å². The number of hydrogen-bond acceptors (Lipinski definition) is 5. The van der Waals surface area contributed by atoms with Gasteiger partial charge < -0.3 is 4.90 Å². The van der Waals surface area contributed by atoms with Gasteiger partial charge in [-0.25, -0.2) is 0 Å². The van der Waals surface area contributed by atoms with E-state index < -0.39 is 11.0 Å². The van der Waals surface area contributed by atoms with E-state index in [1.807, 2.05) is 62.1 Å². The molecule has 0 bridgehead atoms. The summed E-state index contributed by atoms with van der Waals surface area (Å²) >= 11 is 4.70. The third-order valence-electron chi connectivity index (χ3n) is 4.64. The van der Waals surface area contributed by atoms with Crippen molar-refractivity contribution in [3.8, 4) is 12.1 Å². The second kappa shape index (κ2) is 6.40. The summed E-state index contributed by atoms with van der Waals surface area (Å²) in [5.74, 6) is -0.119. The van der Waals surface area contributed by atoms with Crippen LogP contribution in [-0.4, -0.2) is 16.9 Å². The summed E-state index contributed by atoms with van der Waals surface area (Å²) in [5.41, 5.74) is 1.77. The van der Waals surface area contributed by atoms with Crippen LogP contribution < -0.4 is 9.80 Å². The predicted octanol–water partition coefficient (Wildman–Crippen LogP) is 3.58. The van der Waals surface area contributed by atoms with Gasteiger partial charge in [0.15, 0.2) is 5.50 Å². The molecule has 130 valence electrons. The van der Waals surface area contributed by atoms with Gasteiger partial charge in [-0.3, -0.25) is 9.69 Å². The van der Waals surface area contributed by atoms with Gasteiger partial charge in [0, 0.05) is 11.4 Å². The van der Waals surface area contributed by atoms with Crippen molar-refractivity contribution in [2.24, 2.45) is 0 Å². The highest BCUT2D eigenvalue weighted by molar-refractivity contribution is 7.81. The number of benzene rings is 2. The molecule has 1 aliphatic heterocycles. The molecule has 0 saturated carbocycles. The topological polar surface area (TPSA) is 71.1 Å². The number of rotatable bonds is 2. The fourth-order valence-electron chi connectivity index (χ4n) is 3.19. The molecular weight excluding hydrogens is 344 g/mol. The molecule has 1 fully saturated rings. The number of amides is 1. The second-order valence-electron chi connectivity index (χ2n) is 6.74. The van der Waals surface area contributed by atoms with E-state index in [1.165, 1.54) is 0 Å². The fraction of sp³-hybridized carbons (Fsp3) is 0.250. The van der Waals surface area contributed by atoms with E-state index in [0.717, 1.165) is 11.3 Å². The Bertz CT molecular complexity index is 953. The molecule has 1 atom stereocenters. The maximum absolute atomic E-state index is 13.1. The number of hydrogen-bond donors (Lipinski definition) is 1. The van der Waals surface area contributed by atoms with Crippen molar-refractivity contribution in [3.05, 3.63) is 59.2 Å². The van der Waals surface area contributed by atoms with Gasteiger partial charge in [0.2, 0.25) is 0 Å². The first-order valence-electron chi connectivity index (χ1n) is 8.13. The van der Waals surface area contributed by atoms with Crippen LogP contribution in [0, 0.1) is 29.6 Å². The molecule has 3 rings (SSSR count). The molecule has 0 spiro atoms. The lowest BCUT2D eigenvalue weighted by Gasteiger charge is -2.33. The van der Waals surface area contributed by atoms with Gasteiger partial charge in [-0.05, 0) is 51.1 Å². The maximum Gasteiger partial charge on any atom is 0.254 e. The lowest BCUT2D eigenvalue weighted by Crippen LogP contribution is -2.44. The Hall–Kier alpha value is -2.96. The van der Waals surface area contributed by atoms with Gasteiger partial charge in [-0.1, -0.05) is 17.7 Å². The number of nitriles is 2. The van der Waals surface area contributed by atoms with Crippen LogP contribution in [0.3, 0.4) is 0 Å². The van der Waals surface area contributed by atoms with Crippen molar-refractivity contribution in [1.82, 2.24) is 0 Å². The summed E-state index contributed by atoms with van der Waals surface area (Å²) in [5, 5.41) is 18.4. The Morgan fingerprint density at radius 1 is 1.00 bits per heavy atom. The smallest absolute Gasteiger partial charge is 0.254 e. The van der Waals surface area contributed by atoms with Gasteiger partial charge in [0.05, 0.1) is 11.1 Å². The average molecular weight is 362 g/mol. The van der Waals surface area contributed by atoms with Crippen molar-refractivity contribution in [3.63, 3.8) is 0 Å². The molecule has 0 aliphatic carbocycles. The normalized spacial score (nSPS) is 18.5. The summed E-state index contributed by atoms with van der Waals surface area (Å²) in [7, 11) is 0. The summed E-state index contributed by atoms with van der Waals surface area (Å²) in [6.07, 6.45) is 0. The van der Waals surface area contributed by atoms with Crippen LogP contribution >= 0.6 is 12.6 Å². The minimum absolute atomic E-state index is 0.119. The zero-order chi connectivity index (χ0) is 19.1. The zero-order valence-electron chi connectivity index (χ0n) is 14.8. The molecule has 26 heavy (non-hydrogen) atoms. The third kappa shape index (κ3) is 2.69. The molecule has 1 heterocycles. The van der Waals surface area contributed by atoms with E-state index in [2.05, 4.69) is 0 Å². The molecule has 1 amide bonds. The Balaban J connectivity index is 2.08. The van der Waals surface area contributed by atoms with Crippen molar-refractivity contribution in [1.29, 1.82) is 10.5 Å². The van der Waals surface area contributed by atoms with Crippen LogP contribution in [-0.2, 0) is 4.79 Å². The number of aryl methyl sites for hydroxylation is 1. The second-order valence-corrected chi connectivity index (χ2v) is 7.20. The van der Waals surface area contributed by atoms with Gasteiger partial charge in [-0.2, -0.15) is 10.5 Å². The van der Waals surface area contributed by atoms with Crippen molar-refractivity contribution in [2.45, 2.75) is 31.8 Å². The molecule has 2 aromatic rings. The maximum atomic E-state index is 13.1. The quantitative estimate of drug-likeness (QED) is 0.829. The van der Waals surface area contributed by atoms with Crippen LogP contribution in [0.5, 0.6) is 0 Å². The largest absolute Gasteiger partial charge is 0.328 e. The summed E-state index contributed by atoms with van der Waals surface area (Å²) in [4.78, 5) is 16.6. The highest BCUT2D eigenvalue weighted by Gasteiger charge is 2.51. The highest BCUT2D eigenvalue weighted by atomic mass is 32.1. The van der Waals surface area contributed by atoms with Gasteiger partial charge in [-0.15, -0.1) is 12.6 Å². The first-order valence-corrected chi connectivity index (χ1v) is 8.65. The van der Waals surface area contributed by atoms with E-state index in [0.29, 0.717) is 5.69 Å². The highest BCUT2D eigenvalue weighted by Crippen LogP contribution is 2.40. The van der Waals surface area contributed by atoms with Gasteiger partial charge in [0.1, 0.15) is 17.7 Å². The first-order chi connectivity index (χ1) is 12.3. The lowest BCUT2D eigenvalue weighted by molar-refractivity contribution is -0.120. The van der Waals surface area contributed by atoms with Crippen LogP contribution in [0.4, 0.5) is 11.4 Å². The average Bonchev–Trinajstić information content (AvgIpc) is 2.80. The molecule has 1 saturated heterocycles.